The first-order valence-electron chi connectivity index (χ1n) is 6.79. The fraction of sp³-hybridized carbons (Fsp3) is 0.176. The minimum atomic E-state index is -0.432. The van der Waals surface area contributed by atoms with Gasteiger partial charge in [0.15, 0.2) is 0 Å². The van der Waals surface area contributed by atoms with Crippen molar-refractivity contribution in [3.05, 3.63) is 69.7 Å². The molecule has 0 N–H and O–H groups in total. The number of hydrogen-bond acceptors (Lipinski definition) is 4. The van der Waals surface area contributed by atoms with Crippen LogP contribution in [0.2, 0.25) is 0 Å². The lowest BCUT2D eigenvalue weighted by molar-refractivity contribution is 0.0469. The highest BCUT2D eigenvalue weighted by Gasteiger charge is 2.10. The Bertz CT molecular complexity index is 647. The number of carbonyl (C=O) groups excluding carboxylic acids is 2. The van der Waals surface area contributed by atoms with Crippen LogP contribution in [-0.2, 0) is 16.1 Å². The van der Waals surface area contributed by atoms with E-state index in [9.17, 15) is 9.59 Å². The summed E-state index contributed by atoms with van der Waals surface area (Å²) < 4.78 is 11.1. The molecule has 0 heterocycles. The fourth-order valence-corrected chi connectivity index (χ4v) is 2.03. The maximum absolute atomic E-state index is 11.9. The van der Waals surface area contributed by atoms with Crippen LogP contribution < -0.4 is 0 Å². The van der Waals surface area contributed by atoms with Crippen molar-refractivity contribution in [2.45, 2.75) is 13.5 Å². The molecular weight excluding hydrogens is 348 g/mol. The fourth-order valence-electron chi connectivity index (χ4n) is 1.77. The van der Waals surface area contributed by atoms with Gasteiger partial charge in [0.25, 0.3) is 0 Å². The third-order valence-electron chi connectivity index (χ3n) is 2.91. The first-order valence-corrected chi connectivity index (χ1v) is 7.58. The Morgan fingerprint density at radius 1 is 0.864 bits per heavy atom. The van der Waals surface area contributed by atoms with Crippen LogP contribution in [0.15, 0.2) is 53.0 Å². The molecule has 2 aromatic carbocycles. The standard InChI is InChI=1S/C17H15BrO4/c1-2-21-16(19)13-5-7-14(8-6-13)17(20)22-11-12-3-9-15(18)10-4-12/h3-10H,2,11H2,1H3. The van der Waals surface area contributed by atoms with Crippen LogP contribution in [0.25, 0.3) is 0 Å². The average Bonchev–Trinajstić information content (AvgIpc) is 2.54. The lowest BCUT2D eigenvalue weighted by atomic mass is 10.1. The number of hydrogen-bond donors (Lipinski definition) is 0. The molecule has 0 radical (unpaired) electrons. The Labute approximate surface area is 137 Å². The summed E-state index contributed by atoms with van der Waals surface area (Å²) in [6, 6.07) is 13.7. The number of esters is 2. The van der Waals surface area contributed by atoms with Gasteiger partial charge in [0, 0.05) is 4.47 Å². The largest absolute Gasteiger partial charge is 0.462 e. The molecule has 0 saturated carbocycles. The molecule has 0 spiro atoms. The molecule has 0 aliphatic carbocycles. The maximum atomic E-state index is 11.9. The van der Waals surface area contributed by atoms with Crippen molar-refractivity contribution in [2.75, 3.05) is 6.61 Å². The van der Waals surface area contributed by atoms with Crippen LogP contribution in [0.3, 0.4) is 0 Å². The molecule has 0 saturated heterocycles. The highest BCUT2D eigenvalue weighted by atomic mass is 79.9. The molecule has 22 heavy (non-hydrogen) atoms. The highest BCUT2D eigenvalue weighted by molar-refractivity contribution is 9.10. The average molecular weight is 363 g/mol. The zero-order valence-electron chi connectivity index (χ0n) is 12.0. The van der Waals surface area contributed by atoms with Gasteiger partial charge < -0.3 is 9.47 Å². The second-order valence-electron chi connectivity index (χ2n) is 4.50. The van der Waals surface area contributed by atoms with Crippen LogP contribution in [0.4, 0.5) is 0 Å². The molecular formula is C17H15BrO4. The van der Waals surface area contributed by atoms with Crippen LogP contribution in [0, 0.1) is 0 Å². The van der Waals surface area contributed by atoms with Crippen molar-refractivity contribution < 1.29 is 19.1 Å². The van der Waals surface area contributed by atoms with Crippen molar-refractivity contribution >= 4 is 27.9 Å². The molecule has 114 valence electrons. The summed E-state index contributed by atoms with van der Waals surface area (Å²) in [4.78, 5) is 23.5. The van der Waals surface area contributed by atoms with Gasteiger partial charge in [-0.2, -0.15) is 0 Å². The predicted octanol–water partition coefficient (Wildman–Crippen LogP) is 3.98. The van der Waals surface area contributed by atoms with Gasteiger partial charge in [-0.1, -0.05) is 28.1 Å². The minimum Gasteiger partial charge on any atom is -0.462 e. The van der Waals surface area contributed by atoms with Crippen molar-refractivity contribution in [1.29, 1.82) is 0 Å². The van der Waals surface area contributed by atoms with Crippen molar-refractivity contribution in [3.8, 4) is 0 Å². The predicted molar refractivity (Wildman–Crippen MR) is 85.7 cm³/mol. The summed E-state index contributed by atoms with van der Waals surface area (Å²) in [6.07, 6.45) is 0. The van der Waals surface area contributed by atoms with Crippen LogP contribution >= 0.6 is 15.9 Å². The van der Waals surface area contributed by atoms with Crippen molar-refractivity contribution in [2.24, 2.45) is 0 Å². The van der Waals surface area contributed by atoms with E-state index in [1.54, 1.807) is 31.2 Å². The number of rotatable bonds is 5. The van der Waals surface area contributed by atoms with Gasteiger partial charge in [-0.3, -0.25) is 0 Å². The van der Waals surface area contributed by atoms with E-state index in [4.69, 9.17) is 9.47 Å². The molecule has 0 aromatic heterocycles. The monoisotopic (exact) mass is 362 g/mol. The van der Waals surface area contributed by atoms with Crippen LogP contribution in [-0.4, -0.2) is 18.5 Å². The van der Waals surface area contributed by atoms with E-state index in [0.717, 1.165) is 10.0 Å². The van der Waals surface area contributed by atoms with Crippen LogP contribution in [0.5, 0.6) is 0 Å². The van der Waals surface area contributed by atoms with Gasteiger partial charge in [-0.25, -0.2) is 9.59 Å². The normalized spacial score (nSPS) is 10.1. The van der Waals surface area contributed by atoms with E-state index >= 15 is 0 Å². The number of benzene rings is 2. The molecule has 0 unspecified atom stereocenters. The second kappa shape index (κ2) is 7.75. The van der Waals surface area contributed by atoms with E-state index in [2.05, 4.69) is 15.9 Å². The van der Waals surface area contributed by atoms with E-state index in [1.807, 2.05) is 24.3 Å². The summed E-state index contributed by atoms with van der Waals surface area (Å²) >= 11 is 3.35. The maximum Gasteiger partial charge on any atom is 0.338 e. The number of halogens is 1. The Hall–Kier alpha value is -2.14. The minimum absolute atomic E-state index is 0.200. The van der Waals surface area contributed by atoms with Gasteiger partial charge in [0.1, 0.15) is 6.61 Å². The molecule has 0 atom stereocenters. The number of ether oxygens (including phenoxy) is 2. The molecule has 0 fully saturated rings. The Balaban J connectivity index is 1.95. The zero-order valence-corrected chi connectivity index (χ0v) is 13.6. The summed E-state index contributed by atoms with van der Waals surface area (Å²) in [5, 5.41) is 0. The third-order valence-corrected chi connectivity index (χ3v) is 3.44. The lowest BCUT2D eigenvalue weighted by Gasteiger charge is -2.06. The summed E-state index contributed by atoms with van der Waals surface area (Å²) in [5.41, 5.74) is 1.70. The van der Waals surface area contributed by atoms with E-state index in [-0.39, 0.29) is 6.61 Å². The quantitative estimate of drug-likeness (QED) is 0.754. The van der Waals surface area contributed by atoms with Gasteiger partial charge in [0.05, 0.1) is 17.7 Å². The molecule has 2 aromatic rings. The van der Waals surface area contributed by atoms with Gasteiger partial charge in [-0.15, -0.1) is 0 Å². The smallest absolute Gasteiger partial charge is 0.338 e. The van der Waals surface area contributed by atoms with Crippen molar-refractivity contribution in [3.63, 3.8) is 0 Å². The third kappa shape index (κ3) is 4.43. The second-order valence-corrected chi connectivity index (χ2v) is 5.42. The molecule has 4 nitrogen and oxygen atoms in total. The van der Waals surface area contributed by atoms with E-state index in [1.165, 1.54) is 0 Å². The summed E-state index contributed by atoms with van der Waals surface area (Å²) in [6.45, 7) is 2.26. The van der Waals surface area contributed by atoms with Crippen LogP contribution in [0.1, 0.15) is 33.2 Å². The lowest BCUT2D eigenvalue weighted by Crippen LogP contribution is -2.07. The highest BCUT2D eigenvalue weighted by Crippen LogP contribution is 2.13. The van der Waals surface area contributed by atoms with Gasteiger partial charge >= 0.3 is 11.9 Å². The Morgan fingerprint density at radius 3 is 1.86 bits per heavy atom. The first kappa shape index (κ1) is 16.2. The van der Waals surface area contributed by atoms with Gasteiger partial charge in [0.2, 0.25) is 0 Å². The Kier molecular flexibility index (Phi) is 5.72. The topological polar surface area (TPSA) is 52.6 Å². The number of carbonyl (C=O) groups is 2. The van der Waals surface area contributed by atoms with E-state index < -0.39 is 11.9 Å². The molecule has 2 rings (SSSR count). The summed E-state index contributed by atoms with van der Waals surface area (Å²) in [7, 11) is 0. The van der Waals surface area contributed by atoms with E-state index in [0.29, 0.717) is 17.7 Å². The molecule has 0 amide bonds. The molecule has 5 heteroatoms. The molecule has 0 bridgehead atoms. The van der Waals surface area contributed by atoms with Gasteiger partial charge in [-0.05, 0) is 48.9 Å². The molecule has 0 aliphatic heterocycles. The zero-order chi connectivity index (χ0) is 15.9. The SMILES string of the molecule is CCOC(=O)c1ccc(C(=O)OCc2ccc(Br)cc2)cc1. The Morgan fingerprint density at radius 2 is 1.36 bits per heavy atom. The molecule has 0 aliphatic rings. The first-order chi connectivity index (χ1) is 10.6. The van der Waals surface area contributed by atoms with Crippen molar-refractivity contribution in [1.82, 2.24) is 0 Å². The summed E-state index contributed by atoms with van der Waals surface area (Å²) in [5.74, 6) is -0.837.